The summed E-state index contributed by atoms with van der Waals surface area (Å²) in [5.41, 5.74) is 0.458. The van der Waals surface area contributed by atoms with E-state index < -0.39 is 0 Å². The summed E-state index contributed by atoms with van der Waals surface area (Å²) in [6.07, 6.45) is 6.91. The van der Waals surface area contributed by atoms with Crippen LogP contribution in [0.4, 0.5) is 0 Å². The van der Waals surface area contributed by atoms with Crippen molar-refractivity contribution >= 4 is 40.9 Å². The molecule has 0 saturated heterocycles. The molecule has 0 bridgehead atoms. The van der Waals surface area contributed by atoms with E-state index >= 15 is 0 Å². The molecule has 0 unspecified atom stereocenters. The van der Waals surface area contributed by atoms with E-state index in [0.717, 1.165) is 12.8 Å². The zero-order valence-corrected chi connectivity index (χ0v) is 13.0. The van der Waals surface area contributed by atoms with Gasteiger partial charge in [-0.25, -0.2) is 4.98 Å². The van der Waals surface area contributed by atoms with Crippen molar-refractivity contribution in [3.63, 3.8) is 0 Å². The van der Waals surface area contributed by atoms with E-state index in [2.05, 4.69) is 16.6 Å². The van der Waals surface area contributed by atoms with Gasteiger partial charge in [0.05, 0.1) is 0 Å². The molecule has 1 fully saturated rings. The maximum Gasteiger partial charge on any atom is 0.251 e. The molecule has 0 aromatic carbocycles. The quantitative estimate of drug-likeness (QED) is 0.859. The molecule has 1 aliphatic rings. The highest BCUT2D eigenvalue weighted by molar-refractivity contribution is 8.00. The van der Waals surface area contributed by atoms with Gasteiger partial charge in [-0.1, -0.05) is 36.0 Å². The molecule has 3 nitrogen and oxygen atoms in total. The first-order chi connectivity index (χ1) is 9.04. The van der Waals surface area contributed by atoms with Crippen LogP contribution in [0.1, 0.15) is 36.0 Å². The van der Waals surface area contributed by atoms with Gasteiger partial charge in [-0.3, -0.25) is 4.79 Å². The summed E-state index contributed by atoms with van der Waals surface area (Å²) in [4.78, 5) is 15.9. The molecular formula is C13H16Cl2N2OS. The van der Waals surface area contributed by atoms with Gasteiger partial charge in [-0.2, -0.15) is 11.8 Å². The largest absolute Gasteiger partial charge is 0.351 e. The van der Waals surface area contributed by atoms with E-state index in [9.17, 15) is 4.79 Å². The first-order valence-corrected chi connectivity index (χ1v) is 8.19. The van der Waals surface area contributed by atoms with Crippen LogP contribution in [-0.4, -0.2) is 28.4 Å². The Balaban J connectivity index is 2.01. The van der Waals surface area contributed by atoms with Crippen LogP contribution in [0.3, 0.4) is 0 Å². The average molecular weight is 319 g/mol. The number of carbonyl (C=O) groups is 1. The molecule has 1 heterocycles. The molecule has 1 amide bonds. The molecule has 19 heavy (non-hydrogen) atoms. The lowest BCUT2D eigenvalue weighted by molar-refractivity contribution is 0.0949. The monoisotopic (exact) mass is 318 g/mol. The summed E-state index contributed by atoms with van der Waals surface area (Å²) in [5.74, 6) is -0.147. The van der Waals surface area contributed by atoms with Gasteiger partial charge in [-0.05, 0) is 31.2 Å². The molecule has 2 rings (SSSR count). The summed E-state index contributed by atoms with van der Waals surface area (Å²) in [6, 6.07) is 3.06. The Labute approximate surface area is 127 Å². The second-order valence-corrected chi connectivity index (χ2v) is 6.83. The number of nitrogens with zero attached hydrogens (tertiary/aromatic N) is 1. The third-order valence-corrected chi connectivity index (χ3v) is 5.35. The normalized spacial score (nSPS) is 17.4. The zero-order chi connectivity index (χ0) is 13.9. The highest BCUT2D eigenvalue weighted by atomic mass is 35.5. The standard InChI is InChI=1S/C13H16Cl2N2OS/c1-19-13(4-2-3-5-13)8-16-12(18)9-6-10(14)17-11(15)7-9/h6-7H,2-5,8H2,1H3,(H,16,18). The van der Waals surface area contributed by atoms with Crippen LogP contribution in [0.15, 0.2) is 12.1 Å². The van der Waals surface area contributed by atoms with Crippen LogP contribution in [0.5, 0.6) is 0 Å². The maximum absolute atomic E-state index is 12.1. The number of thioether (sulfide) groups is 1. The molecule has 1 saturated carbocycles. The summed E-state index contributed by atoms with van der Waals surface area (Å²) in [5, 5.41) is 3.45. The highest BCUT2D eigenvalue weighted by Gasteiger charge is 2.33. The Bertz CT molecular complexity index is 455. The number of halogens is 2. The Morgan fingerprint density at radius 2 is 1.95 bits per heavy atom. The Kier molecular flexibility index (Phi) is 4.98. The molecule has 104 valence electrons. The number of amides is 1. The molecule has 0 radical (unpaired) electrons. The zero-order valence-electron chi connectivity index (χ0n) is 10.7. The number of hydrogen-bond donors (Lipinski definition) is 1. The van der Waals surface area contributed by atoms with Gasteiger partial charge in [0.1, 0.15) is 10.3 Å². The number of pyridine rings is 1. The van der Waals surface area contributed by atoms with E-state index in [-0.39, 0.29) is 21.0 Å². The van der Waals surface area contributed by atoms with Gasteiger partial charge in [0.15, 0.2) is 0 Å². The van der Waals surface area contributed by atoms with Gasteiger partial charge in [0, 0.05) is 16.9 Å². The summed E-state index contributed by atoms with van der Waals surface area (Å²) >= 11 is 13.4. The SMILES string of the molecule is CSC1(CNC(=O)c2cc(Cl)nc(Cl)c2)CCCC1. The second kappa shape index (κ2) is 6.33. The van der Waals surface area contributed by atoms with Crippen LogP contribution in [0.2, 0.25) is 10.3 Å². The minimum atomic E-state index is -0.147. The molecule has 6 heteroatoms. The van der Waals surface area contributed by atoms with Gasteiger partial charge >= 0.3 is 0 Å². The average Bonchev–Trinajstić information content (AvgIpc) is 2.84. The van der Waals surface area contributed by atoms with Gasteiger partial charge in [0.25, 0.3) is 5.91 Å². The van der Waals surface area contributed by atoms with Crippen LogP contribution in [0.25, 0.3) is 0 Å². The van der Waals surface area contributed by atoms with Crippen molar-refractivity contribution in [2.75, 3.05) is 12.8 Å². The number of nitrogens with one attached hydrogen (secondary N) is 1. The van der Waals surface area contributed by atoms with Gasteiger partial charge in [-0.15, -0.1) is 0 Å². The molecule has 0 atom stereocenters. The van der Waals surface area contributed by atoms with Crippen molar-refractivity contribution in [2.24, 2.45) is 0 Å². The summed E-state index contributed by atoms with van der Waals surface area (Å²) < 4.78 is 0.191. The Morgan fingerprint density at radius 1 is 1.37 bits per heavy atom. The second-order valence-electron chi connectivity index (χ2n) is 4.78. The summed E-state index contributed by atoms with van der Waals surface area (Å²) in [6.45, 7) is 0.685. The first-order valence-electron chi connectivity index (χ1n) is 6.21. The molecule has 1 aromatic rings. The number of aromatic nitrogens is 1. The summed E-state index contributed by atoms with van der Waals surface area (Å²) in [7, 11) is 0. The Hall–Kier alpha value is -0.450. The molecule has 0 aliphatic heterocycles. The minimum Gasteiger partial charge on any atom is -0.351 e. The molecule has 1 aromatic heterocycles. The van der Waals surface area contributed by atoms with Crippen molar-refractivity contribution in [2.45, 2.75) is 30.4 Å². The number of rotatable bonds is 4. The third-order valence-electron chi connectivity index (χ3n) is 3.54. The van der Waals surface area contributed by atoms with Crippen LogP contribution in [-0.2, 0) is 0 Å². The number of hydrogen-bond acceptors (Lipinski definition) is 3. The molecule has 1 N–H and O–H groups in total. The van der Waals surface area contributed by atoms with Gasteiger partial charge in [0.2, 0.25) is 0 Å². The fraction of sp³-hybridized carbons (Fsp3) is 0.538. The van der Waals surface area contributed by atoms with E-state index in [1.54, 1.807) is 0 Å². The lowest BCUT2D eigenvalue weighted by Gasteiger charge is -2.26. The maximum atomic E-state index is 12.1. The van der Waals surface area contributed by atoms with Crippen molar-refractivity contribution in [3.05, 3.63) is 28.0 Å². The van der Waals surface area contributed by atoms with E-state index in [1.165, 1.54) is 25.0 Å². The van der Waals surface area contributed by atoms with Gasteiger partial charge < -0.3 is 5.32 Å². The van der Waals surface area contributed by atoms with Crippen LogP contribution >= 0.6 is 35.0 Å². The predicted molar refractivity (Wildman–Crippen MR) is 81.3 cm³/mol. The first kappa shape index (κ1) is 14.9. The van der Waals surface area contributed by atoms with E-state index in [4.69, 9.17) is 23.2 Å². The van der Waals surface area contributed by atoms with Crippen molar-refractivity contribution < 1.29 is 4.79 Å². The van der Waals surface area contributed by atoms with E-state index in [1.807, 2.05) is 11.8 Å². The van der Waals surface area contributed by atoms with Crippen molar-refractivity contribution in [1.29, 1.82) is 0 Å². The highest BCUT2D eigenvalue weighted by Crippen LogP contribution is 2.39. The lowest BCUT2D eigenvalue weighted by Crippen LogP contribution is -2.38. The Morgan fingerprint density at radius 3 is 2.47 bits per heavy atom. The smallest absolute Gasteiger partial charge is 0.251 e. The molecule has 0 spiro atoms. The molecular weight excluding hydrogens is 303 g/mol. The number of carbonyl (C=O) groups excluding carboxylic acids is 1. The van der Waals surface area contributed by atoms with Crippen molar-refractivity contribution in [3.8, 4) is 0 Å². The van der Waals surface area contributed by atoms with Crippen LogP contribution < -0.4 is 5.32 Å². The van der Waals surface area contributed by atoms with Crippen molar-refractivity contribution in [1.82, 2.24) is 10.3 Å². The third kappa shape index (κ3) is 3.77. The minimum absolute atomic E-state index is 0.147. The van der Waals surface area contributed by atoms with E-state index in [0.29, 0.717) is 12.1 Å². The fourth-order valence-electron chi connectivity index (χ4n) is 2.41. The molecule has 1 aliphatic carbocycles. The topological polar surface area (TPSA) is 42.0 Å². The van der Waals surface area contributed by atoms with Crippen LogP contribution in [0, 0.1) is 0 Å². The predicted octanol–water partition coefficient (Wildman–Crippen LogP) is 3.79. The lowest BCUT2D eigenvalue weighted by atomic mass is 10.1. The fourth-order valence-corrected chi connectivity index (χ4v) is 3.79.